The Bertz CT molecular complexity index is 372. The largest absolute Gasteiger partial charge is 0.327 e. The molecule has 4 atom stereocenters. The van der Waals surface area contributed by atoms with Crippen LogP contribution in [0.4, 0.5) is 0 Å². The summed E-state index contributed by atoms with van der Waals surface area (Å²) in [6, 6.07) is 0. The first-order chi connectivity index (χ1) is 13.1. The first kappa shape index (κ1) is 24.7. The van der Waals surface area contributed by atoms with Gasteiger partial charge >= 0.3 is 0 Å². The first-order valence-corrected chi connectivity index (χ1v) is 12.5. The minimum Gasteiger partial charge on any atom is -0.327 e. The molecule has 160 valence electrons. The predicted molar refractivity (Wildman–Crippen MR) is 123 cm³/mol. The molecule has 1 heteroatoms. The highest BCUT2D eigenvalue weighted by atomic mass is 14.5. The fourth-order valence-electron chi connectivity index (χ4n) is 5.08. The van der Waals surface area contributed by atoms with Gasteiger partial charge in [0.2, 0.25) is 0 Å². The summed E-state index contributed by atoms with van der Waals surface area (Å²) < 4.78 is 0. The molecule has 0 radical (unpaired) electrons. The smallest absolute Gasteiger partial charge is 0.0109 e. The molecule has 1 fully saturated rings. The van der Waals surface area contributed by atoms with E-state index in [1.54, 1.807) is 5.57 Å². The van der Waals surface area contributed by atoms with Crippen molar-refractivity contribution in [2.45, 2.75) is 124 Å². The van der Waals surface area contributed by atoms with Gasteiger partial charge in [-0.25, -0.2) is 0 Å². The second kappa shape index (κ2) is 15.6. The summed E-state index contributed by atoms with van der Waals surface area (Å²) in [7, 11) is 0. The Morgan fingerprint density at radius 2 is 1.70 bits per heavy atom. The van der Waals surface area contributed by atoms with Crippen LogP contribution < -0.4 is 5.73 Å². The summed E-state index contributed by atoms with van der Waals surface area (Å²) in [6.45, 7) is 10.4. The Morgan fingerprint density at radius 3 is 2.37 bits per heavy atom. The van der Waals surface area contributed by atoms with Crippen LogP contribution in [-0.2, 0) is 0 Å². The molecule has 1 nitrogen and oxygen atoms in total. The van der Waals surface area contributed by atoms with Crippen LogP contribution in [0, 0.1) is 23.7 Å². The number of hydrogen-bond acceptors (Lipinski definition) is 1. The predicted octanol–water partition coefficient (Wildman–Crippen LogP) is 8.28. The SMILES string of the molecule is CCCCC1CCCCCCC(C(C)CC)CCC(C)CCC/C1=C/CN. The minimum absolute atomic E-state index is 0.726. The Morgan fingerprint density at radius 1 is 0.963 bits per heavy atom. The van der Waals surface area contributed by atoms with Gasteiger partial charge in [-0.3, -0.25) is 0 Å². The molecule has 0 aromatic heterocycles. The molecule has 0 amide bonds. The maximum atomic E-state index is 5.94. The van der Waals surface area contributed by atoms with Crippen LogP contribution in [0.1, 0.15) is 124 Å². The van der Waals surface area contributed by atoms with Gasteiger partial charge in [-0.2, -0.15) is 0 Å². The third kappa shape index (κ3) is 10.7. The van der Waals surface area contributed by atoms with E-state index in [0.29, 0.717) is 0 Å². The molecule has 0 bridgehead atoms. The maximum Gasteiger partial charge on any atom is 0.0109 e. The molecule has 2 N–H and O–H groups in total. The van der Waals surface area contributed by atoms with E-state index < -0.39 is 0 Å². The van der Waals surface area contributed by atoms with Gasteiger partial charge in [-0.15, -0.1) is 0 Å². The molecule has 1 aliphatic carbocycles. The Balaban J connectivity index is 2.72. The van der Waals surface area contributed by atoms with Crippen LogP contribution >= 0.6 is 0 Å². The van der Waals surface area contributed by atoms with Gasteiger partial charge in [0.25, 0.3) is 0 Å². The minimum atomic E-state index is 0.726. The molecule has 1 aliphatic rings. The highest BCUT2D eigenvalue weighted by Gasteiger charge is 2.18. The zero-order valence-corrected chi connectivity index (χ0v) is 19.3. The topological polar surface area (TPSA) is 26.0 Å². The third-order valence-electron chi connectivity index (χ3n) is 7.33. The lowest BCUT2D eigenvalue weighted by atomic mass is 9.81. The standard InChI is InChI=1S/C26H51N/c1-5-7-14-25-16-11-9-8-10-15-24(23(4)6-2)19-18-22(3)13-12-17-26(25)20-21-27/h20,22-25H,5-19,21,27H2,1-4H3/b26-20-. The van der Waals surface area contributed by atoms with Crippen molar-refractivity contribution in [3.05, 3.63) is 11.6 Å². The molecule has 1 saturated carbocycles. The second-order valence-electron chi connectivity index (χ2n) is 9.57. The lowest BCUT2D eigenvalue weighted by Crippen LogP contribution is -2.13. The molecular formula is C26H51N. The zero-order valence-electron chi connectivity index (χ0n) is 19.3. The van der Waals surface area contributed by atoms with E-state index in [0.717, 1.165) is 30.2 Å². The van der Waals surface area contributed by atoms with Crippen molar-refractivity contribution < 1.29 is 0 Å². The first-order valence-electron chi connectivity index (χ1n) is 12.5. The van der Waals surface area contributed by atoms with E-state index in [-0.39, 0.29) is 0 Å². The molecule has 0 heterocycles. The number of allylic oxidation sites excluding steroid dienone is 1. The van der Waals surface area contributed by atoms with Gasteiger partial charge in [0.15, 0.2) is 0 Å². The fourth-order valence-corrected chi connectivity index (χ4v) is 5.08. The van der Waals surface area contributed by atoms with Gasteiger partial charge < -0.3 is 5.73 Å². The van der Waals surface area contributed by atoms with Gasteiger partial charge in [0.05, 0.1) is 0 Å². The van der Waals surface area contributed by atoms with Crippen LogP contribution in [0.15, 0.2) is 11.6 Å². The summed E-state index contributed by atoms with van der Waals surface area (Å²) in [4.78, 5) is 0. The van der Waals surface area contributed by atoms with Crippen molar-refractivity contribution in [3.63, 3.8) is 0 Å². The molecule has 0 spiro atoms. The quantitative estimate of drug-likeness (QED) is 0.463. The molecule has 0 aromatic carbocycles. The Labute approximate surface area is 172 Å². The van der Waals surface area contributed by atoms with Crippen molar-refractivity contribution in [2.75, 3.05) is 6.54 Å². The Hall–Kier alpha value is -0.300. The summed E-state index contributed by atoms with van der Waals surface area (Å²) in [5.74, 6) is 3.56. The van der Waals surface area contributed by atoms with E-state index in [1.165, 1.54) is 96.3 Å². The van der Waals surface area contributed by atoms with E-state index in [4.69, 9.17) is 5.73 Å². The fraction of sp³-hybridized carbons (Fsp3) is 0.923. The van der Waals surface area contributed by atoms with E-state index in [2.05, 4.69) is 33.8 Å². The monoisotopic (exact) mass is 377 g/mol. The number of nitrogens with two attached hydrogens (primary N) is 1. The van der Waals surface area contributed by atoms with Crippen molar-refractivity contribution in [1.82, 2.24) is 0 Å². The van der Waals surface area contributed by atoms with Gasteiger partial charge in [0, 0.05) is 6.54 Å². The summed E-state index contributed by atoms with van der Waals surface area (Å²) in [5, 5.41) is 0. The highest BCUT2D eigenvalue weighted by molar-refractivity contribution is 5.07. The normalized spacial score (nSPS) is 29.8. The average Bonchev–Trinajstić information content (AvgIpc) is 2.67. The molecular weight excluding hydrogens is 326 g/mol. The zero-order chi connectivity index (χ0) is 19.9. The molecule has 0 aromatic rings. The molecule has 27 heavy (non-hydrogen) atoms. The third-order valence-corrected chi connectivity index (χ3v) is 7.33. The molecule has 0 aliphatic heterocycles. The van der Waals surface area contributed by atoms with Crippen LogP contribution in [-0.4, -0.2) is 6.54 Å². The summed E-state index contributed by atoms with van der Waals surface area (Å²) in [6.07, 6.45) is 23.4. The lowest BCUT2D eigenvalue weighted by Gasteiger charge is -2.24. The van der Waals surface area contributed by atoms with Gasteiger partial charge in [-0.1, -0.05) is 104 Å². The van der Waals surface area contributed by atoms with Crippen molar-refractivity contribution in [1.29, 1.82) is 0 Å². The second-order valence-corrected chi connectivity index (χ2v) is 9.57. The van der Waals surface area contributed by atoms with E-state index >= 15 is 0 Å². The molecule has 1 rings (SSSR count). The molecule has 0 saturated heterocycles. The van der Waals surface area contributed by atoms with Crippen molar-refractivity contribution in [3.8, 4) is 0 Å². The van der Waals surface area contributed by atoms with Gasteiger partial charge in [0.1, 0.15) is 0 Å². The summed E-state index contributed by atoms with van der Waals surface area (Å²) in [5.41, 5.74) is 7.64. The van der Waals surface area contributed by atoms with Gasteiger partial charge in [-0.05, 0) is 55.8 Å². The van der Waals surface area contributed by atoms with Crippen LogP contribution in [0.25, 0.3) is 0 Å². The number of hydrogen-bond donors (Lipinski definition) is 1. The molecule has 4 unspecified atom stereocenters. The van der Waals surface area contributed by atoms with Crippen LogP contribution in [0.3, 0.4) is 0 Å². The maximum absolute atomic E-state index is 5.94. The number of rotatable bonds is 6. The van der Waals surface area contributed by atoms with Crippen LogP contribution in [0.5, 0.6) is 0 Å². The van der Waals surface area contributed by atoms with Crippen molar-refractivity contribution >= 4 is 0 Å². The summed E-state index contributed by atoms with van der Waals surface area (Å²) >= 11 is 0. The highest BCUT2D eigenvalue weighted by Crippen LogP contribution is 2.32. The Kier molecular flexibility index (Phi) is 14.3. The lowest BCUT2D eigenvalue weighted by molar-refractivity contribution is 0.272. The average molecular weight is 378 g/mol. The van der Waals surface area contributed by atoms with Crippen LogP contribution in [0.2, 0.25) is 0 Å². The number of unbranched alkanes of at least 4 members (excludes halogenated alkanes) is 1. The van der Waals surface area contributed by atoms with E-state index in [1.807, 2.05) is 0 Å². The van der Waals surface area contributed by atoms with E-state index in [9.17, 15) is 0 Å². The van der Waals surface area contributed by atoms with Crippen molar-refractivity contribution in [2.24, 2.45) is 29.4 Å².